The molecule has 12 atom stereocenters. The quantitative estimate of drug-likeness (QED) is 0.203. The van der Waals surface area contributed by atoms with Gasteiger partial charge in [-0.1, -0.05) is 80.7 Å². The SMILES string of the molecule is CC[C@H]1OC(=O)C[C@@H](O)[C@H](C)[C@@H](O[C@@H]2O[C@H](C)[C@@H](OCC#CCc3ccccc3)[C@H](N(C)C)[C@H]2O)[C@@H](CC=O)C[C@@H](C)C(=O)/C=C/C(C)=C/[C@@H]1N1CCOCC1. The number of allylic oxidation sites excluding steroid dienone is 3. The summed E-state index contributed by atoms with van der Waals surface area (Å²) < 4.78 is 30.8. The van der Waals surface area contributed by atoms with Crippen LogP contribution in [0.25, 0.3) is 0 Å². The number of morpholine rings is 1. The van der Waals surface area contributed by atoms with E-state index in [0.29, 0.717) is 39.1 Å². The van der Waals surface area contributed by atoms with Crippen LogP contribution in [0.1, 0.15) is 65.9 Å². The van der Waals surface area contributed by atoms with Gasteiger partial charge in [0.25, 0.3) is 0 Å². The number of hydrogen-bond donors (Lipinski definition) is 2. The molecule has 1 aromatic carbocycles. The summed E-state index contributed by atoms with van der Waals surface area (Å²) in [6.45, 7) is 11.9. The summed E-state index contributed by atoms with van der Waals surface area (Å²) in [6.07, 6.45) is 1.12. The molecule has 2 N–H and O–H groups in total. The largest absolute Gasteiger partial charge is 0.460 e. The lowest BCUT2D eigenvalue weighted by Gasteiger charge is -2.47. The number of cyclic esters (lactones) is 1. The molecule has 12 heteroatoms. The molecule has 4 rings (SSSR count). The van der Waals surface area contributed by atoms with Crippen LogP contribution in [0.2, 0.25) is 0 Å². The van der Waals surface area contributed by atoms with E-state index in [0.717, 1.165) is 17.4 Å². The van der Waals surface area contributed by atoms with Crippen LogP contribution in [0.5, 0.6) is 0 Å². The molecule has 310 valence electrons. The Morgan fingerprint density at radius 3 is 2.39 bits per heavy atom. The molecule has 56 heavy (non-hydrogen) atoms. The Balaban J connectivity index is 1.59. The van der Waals surface area contributed by atoms with Crippen LogP contribution < -0.4 is 0 Å². The summed E-state index contributed by atoms with van der Waals surface area (Å²) in [5.41, 5.74) is 1.95. The Bertz CT molecular complexity index is 1520. The second-order valence-electron chi connectivity index (χ2n) is 15.7. The van der Waals surface area contributed by atoms with Crippen LogP contribution in [-0.2, 0) is 44.5 Å². The third kappa shape index (κ3) is 12.9. The van der Waals surface area contributed by atoms with E-state index in [1.165, 1.54) is 0 Å². The highest BCUT2D eigenvalue weighted by Gasteiger charge is 2.48. The number of likely N-dealkylation sites (N-methyl/N-ethyl adjacent to an activating group) is 1. The Kier molecular flexibility index (Phi) is 18.4. The minimum Gasteiger partial charge on any atom is -0.460 e. The van der Waals surface area contributed by atoms with Crippen molar-refractivity contribution in [3.8, 4) is 11.8 Å². The molecular formula is C44H64N2O10. The molecular weight excluding hydrogens is 716 g/mol. The van der Waals surface area contributed by atoms with Crippen molar-refractivity contribution in [3.05, 3.63) is 59.7 Å². The van der Waals surface area contributed by atoms with E-state index in [4.69, 9.17) is 23.7 Å². The zero-order chi connectivity index (χ0) is 40.8. The second-order valence-corrected chi connectivity index (χ2v) is 15.7. The molecule has 0 aliphatic carbocycles. The molecule has 12 nitrogen and oxygen atoms in total. The summed E-state index contributed by atoms with van der Waals surface area (Å²) in [7, 11) is 3.68. The van der Waals surface area contributed by atoms with Gasteiger partial charge >= 0.3 is 5.97 Å². The van der Waals surface area contributed by atoms with Crippen molar-refractivity contribution in [2.24, 2.45) is 17.8 Å². The molecule has 2 fully saturated rings. The van der Waals surface area contributed by atoms with Gasteiger partial charge in [0.15, 0.2) is 12.1 Å². The molecule has 0 aromatic heterocycles. The smallest absolute Gasteiger partial charge is 0.308 e. The highest BCUT2D eigenvalue weighted by molar-refractivity contribution is 5.91. The van der Waals surface area contributed by atoms with Gasteiger partial charge in [-0.2, -0.15) is 0 Å². The lowest BCUT2D eigenvalue weighted by Crippen LogP contribution is -2.64. The third-order valence-corrected chi connectivity index (χ3v) is 11.3. The summed E-state index contributed by atoms with van der Waals surface area (Å²) in [4.78, 5) is 43.4. The van der Waals surface area contributed by atoms with E-state index in [-0.39, 0.29) is 37.7 Å². The number of aliphatic hydroxyl groups is 2. The van der Waals surface area contributed by atoms with Crippen molar-refractivity contribution in [2.75, 3.05) is 47.0 Å². The summed E-state index contributed by atoms with van der Waals surface area (Å²) in [6, 6.07) is 9.12. The topological polar surface area (TPSA) is 144 Å². The van der Waals surface area contributed by atoms with Gasteiger partial charge in [-0.3, -0.25) is 14.5 Å². The predicted octanol–water partition coefficient (Wildman–Crippen LogP) is 3.77. The zero-order valence-electron chi connectivity index (χ0n) is 34.3. The summed E-state index contributed by atoms with van der Waals surface area (Å²) in [5, 5.41) is 23.5. The number of benzene rings is 1. The van der Waals surface area contributed by atoms with Crippen LogP contribution in [0.4, 0.5) is 0 Å². The van der Waals surface area contributed by atoms with Crippen LogP contribution in [0, 0.1) is 29.6 Å². The van der Waals surface area contributed by atoms with Crippen LogP contribution >= 0.6 is 0 Å². The number of hydrogen-bond acceptors (Lipinski definition) is 12. The van der Waals surface area contributed by atoms with Crippen molar-refractivity contribution >= 4 is 18.0 Å². The molecule has 1 aromatic rings. The maximum absolute atomic E-state index is 13.6. The van der Waals surface area contributed by atoms with Gasteiger partial charge in [0.1, 0.15) is 31.2 Å². The first kappa shape index (κ1) is 45.5. The number of nitrogens with zero attached hydrogens (tertiary/aromatic N) is 2. The fourth-order valence-electron chi connectivity index (χ4n) is 7.99. The molecule has 2 saturated heterocycles. The normalized spacial score (nSPS) is 35.8. The van der Waals surface area contributed by atoms with E-state index in [1.54, 1.807) is 19.1 Å². The van der Waals surface area contributed by atoms with Gasteiger partial charge in [-0.25, -0.2) is 0 Å². The highest BCUT2D eigenvalue weighted by Crippen LogP contribution is 2.35. The summed E-state index contributed by atoms with van der Waals surface area (Å²) in [5.74, 6) is 3.75. The van der Waals surface area contributed by atoms with Crippen molar-refractivity contribution < 1.29 is 48.3 Å². The Morgan fingerprint density at radius 2 is 1.73 bits per heavy atom. The monoisotopic (exact) mass is 780 g/mol. The molecule has 3 aliphatic rings. The number of esters is 1. The molecule has 0 spiro atoms. The van der Waals surface area contributed by atoms with Gasteiger partial charge in [-0.05, 0) is 58.3 Å². The average Bonchev–Trinajstić information content (AvgIpc) is 3.18. The first-order valence-electron chi connectivity index (χ1n) is 20.1. The Hall–Kier alpha value is -3.25. The average molecular weight is 781 g/mol. The maximum Gasteiger partial charge on any atom is 0.308 e. The molecule has 3 heterocycles. The van der Waals surface area contributed by atoms with Crippen molar-refractivity contribution in [3.63, 3.8) is 0 Å². The number of aldehydes is 1. The van der Waals surface area contributed by atoms with Crippen LogP contribution in [-0.4, -0.2) is 140 Å². The minimum atomic E-state index is -1.23. The van der Waals surface area contributed by atoms with E-state index in [9.17, 15) is 24.6 Å². The molecule has 0 radical (unpaired) electrons. The summed E-state index contributed by atoms with van der Waals surface area (Å²) >= 11 is 0. The van der Waals surface area contributed by atoms with Crippen molar-refractivity contribution in [1.82, 2.24) is 9.80 Å². The van der Waals surface area contributed by atoms with E-state index in [2.05, 4.69) is 16.7 Å². The number of carbonyl (C=O) groups excluding carboxylic acids is 3. The van der Waals surface area contributed by atoms with Crippen molar-refractivity contribution in [1.29, 1.82) is 0 Å². The molecule has 0 saturated carbocycles. The minimum absolute atomic E-state index is 0.0223. The predicted molar refractivity (Wildman–Crippen MR) is 212 cm³/mol. The number of rotatable bonds is 10. The number of aliphatic hydroxyl groups excluding tert-OH is 2. The zero-order valence-corrected chi connectivity index (χ0v) is 34.3. The van der Waals surface area contributed by atoms with E-state index < -0.39 is 72.7 Å². The first-order valence-corrected chi connectivity index (χ1v) is 20.1. The number of carbonyl (C=O) groups is 3. The fraction of sp³-hybridized carbons (Fsp3) is 0.659. The van der Waals surface area contributed by atoms with Gasteiger partial charge < -0.3 is 43.6 Å². The first-order chi connectivity index (χ1) is 26.8. The standard InChI is InChI=1S/C44H64N2O10/c1-8-38-35(46-20-24-52-25-21-46)26-29(2)17-18-36(48)30(3)27-34(19-22-47)42(31(4)37(49)28-39(50)55-38)56-44-41(51)40(45(6)7)43(32(5)54-44)53-23-13-12-16-33-14-10-9-11-15-33/h9-11,14-15,17-18,22,26,30-32,34-35,37-38,40-44,49,51H,8,16,19-21,23-25,27-28H2,1-7H3/b18-17+,29-26+/t30-,31+,32-,34+,35+,37-,38-,40-,41-,42-,43-,44+/m1/s1. The Morgan fingerprint density at radius 1 is 1.02 bits per heavy atom. The van der Waals surface area contributed by atoms with Crippen LogP contribution in [0.15, 0.2) is 54.1 Å². The van der Waals surface area contributed by atoms with E-state index in [1.807, 2.05) is 83.1 Å². The third-order valence-electron chi connectivity index (χ3n) is 11.3. The lowest BCUT2D eigenvalue weighted by atomic mass is 9.79. The molecule has 0 bridgehead atoms. The molecule has 0 amide bonds. The second kappa shape index (κ2) is 22.6. The van der Waals surface area contributed by atoms with Gasteiger partial charge in [0, 0.05) is 37.8 Å². The number of ether oxygens (including phenoxy) is 5. The van der Waals surface area contributed by atoms with E-state index >= 15 is 0 Å². The fourth-order valence-corrected chi connectivity index (χ4v) is 7.99. The maximum atomic E-state index is 13.6. The number of ketones is 1. The van der Waals surface area contributed by atoms with Crippen molar-refractivity contribution in [2.45, 2.75) is 122 Å². The molecule has 0 unspecified atom stereocenters. The van der Waals surface area contributed by atoms with Gasteiger partial charge in [0.05, 0.1) is 50.0 Å². The van der Waals surface area contributed by atoms with Crippen LogP contribution in [0.3, 0.4) is 0 Å². The molecule has 3 aliphatic heterocycles. The Labute approximate surface area is 333 Å². The highest BCUT2D eigenvalue weighted by atomic mass is 16.7. The van der Waals surface area contributed by atoms with Gasteiger partial charge in [-0.15, -0.1) is 0 Å². The lowest BCUT2D eigenvalue weighted by molar-refractivity contribution is -0.307. The van der Waals surface area contributed by atoms with Gasteiger partial charge in [0.2, 0.25) is 0 Å².